The third kappa shape index (κ3) is 4.67. The van der Waals surface area contributed by atoms with Crippen LogP contribution in [-0.4, -0.2) is 32.4 Å². The molecule has 0 aliphatic heterocycles. The first kappa shape index (κ1) is 20.2. The standard InChI is InChI=1S/C10H8N2O4S.C7H4N2O2S/c1-2-16-10(13)9-11-7-4-3-6(12(14)15)5-8(7)17-9;10-9(11)5-1-2-6-7(3-5)12-4-8-6/h3-5H,2H2,1H3;1-4H. The van der Waals surface area contributed by atoms with Crippen LogP contribution in [0.25, 0.3) is 20.4 Å². The molecule has 148 valence electrons. The summed E-state index contributed by atoms with van der Waals surface area (Å²) in [6.45, 7) is 1.98. The van der Waals surface area contributed by atoms with Crippen molar-refractivity contribution >= 4 is 60.5 Å². The van der Waals surface area contributed by atoms with Gasteiger partial charge in [0.15, 0.2) is 0 Å². The molecule has 4 aromatic rings. The minimum atomic E-state index is -0.503. The van der Waals surface area contributed by atoms with Gasteiger partial charge in [0.2, 0.25) is 5.01 Å². The van der Waals surface area contributed by atoms with Crippen LogP contribution in [0.3, 0.4) is 0 Å². The largest absolute Gasteiger partial charge is 0.461 e. The molecule has 4 rings (SSSR count). The first-order valence-corrected chi connectivity index (χ1v) is 9.78. The monoisotopic (exact) mass is 432 g/mol. The van der Waals surface area contributed by atoms with Crippen LogP contribution in [0.15, 0.2) is 41.9 Å². The normalized spacial score (nSPS) is 10.4. The number of rotatable bonds is 4. The van der Waals surface area contributed by atoms with Gasteiger partial charge in [-0.2, -0.15) is 0 Å². The number of aromatic nitrogens is 2. The minimum absolute atomic E-state index is 0.0171. The van der Waals surface area contributed by atoms with Gasteiger partial charge in [-0.3, -0.25) is 20.2 Å². The predicted molar refractivity (Wildman–Crippen MR) is 109 cm³/mol. The fraction of sp³-hybridized carbons (Fsp3) is 0.118. The SMILES string of the molecule is CCOC(=O)c1nc2ccc([N+](=O)[O-])cc2s1.O=[N+]([O-])c1ccc2ncsc2c1. The Morgan fingerprint density at radius 3 is 2.28 bits per heavy atom. The lowest BCUT2D eigenvalue weighted by molar-refractivity contribution is -0.384. The van der Waals surface area contributed by atoms with Crippen LogP contribution >= 0.6 is 22.7 Å². The summed E-state index contributed by atoms with van der Waals surface area (Å²) >= 11 is 2.49. The molecule has 0 bridgehead atoms. The maximum Gasteiger partial charge on any atom is 0.367 e. The molecule has 0 amide bonds. The van der Waals surface area contributed by atoms with Crippen molar-refractivity contribution in [1.82, 2.24) is 9.97 Å². The van der Waals surface area contributed by atoms with Crippen molar-refractivity contribution in [3.63, 3.8) is 0 Å². The summed E-state index contributed by atoms with van der Waals surface area (Å²) < 4.78 is 6.26. The Labute approximate surface area is 170 Å². The Balaban J connectivity index is 0.000000176. The van der Waals surface area contributed by atoms with Gasteiger partial charge in [0.05, 0.1) is 42.4 Å². The van der Waals surface area contributed by atoms with Crippen LogP contribution in [0, 0.1) is 20.2 Å². The number of nitro benzene ring substituents is 2. The van der Waals surface area contributed by atoms with E-state index in [-0.39, 0.29) is 23.0 Å². The molecule has 2 aromatic carbocycles. The molecule has 0 fully saturated rings. The molecule has 0 atom stereocenters. The van der Waals surface area contributed by atoms with Gasteiger partial charge in [-0.1, -0.05) is 0 Å². The lowest BCUT2D eigenvalue weighted by Gasteiger charge is -1.94. The molecular formula is C17H12N4O6S2. The predicted octanol–water partition coefficient (Wildman–Crippen LogP) is 4.59. The number of carbonyl (C=O) groups excluding carboxylic acids is 1. The van der Waals surface area contributed by atoms with Crippen molar-refractivity contribution in [3.05, 3.63) is 67.1 Å². The summed E-state index contributed by atoms with van der Waals surface area (Å²) in [5, 5.41) is 21.2. The summed E-state index contributed by atoms with van der Waals surface area (Å²) in [6, 6.07) is 8.93. The number of esters is 1. The third-order valence-electron chi connectivity index (χ3n) is 3.56. The number of fused-ring (bicyclic) bond motifs is 2. The molecule has 2 aromatic heterocycles. The van der Waals surface area contributed by atoms with Gasteiger partial charge in [-0.25, -0.2) is 14.8 Å². The van der Waals surface area contributed by atoms with E-state index in [9.17, 15) is 25.0 Å². The van der Waals surface area contributed by atoms with Crippen molar-refractivity contribution in [1.29, 1.82) is 0 Å². The Kier molecular flexibility index (Phi) is 6.04. The average Bonchev–Trinajstić information content (AvgIpc) is 3.34. The third-order valence-corrected chi connectivity index (χ3v) is 5.35. The Morgan fingerprint density at radius 1 is 1.03 bits per heavy atom. The number of hydrogen-bond acceptors (Lipinski definition) is 10. The van der Waals surface area contributed by atoms with E-state index in [4.69, 9.17) is 4.74 Å². The fourth-order valence-corrected chi connectivity index (χ4v) is 3.87. The topological polar surface area (TPSA) is 138 Å². The van der Waals surface area contributed by atoms with Crippen LogP contribution in [0.1, 0.15) is 16.7 Å². The van der Waals surface area contributed by atoms with Crippen molar-refractivity contribution in [2.24, 2.45) is 0 Å². The number of non-ortho nitro benzene ring substituents is 2. The molecule has 0 spiro atoms. The zero-order valence-corrected chi connectivity index (χ0v) is 16.4. The molecule has 0 saturated carbocycles. The fourth-order valence-electron chi connectivity index (χ4n) is 2.26. The molecule has 12 heteroatoms. The molecule has 0 aliphatic carbocycles. The van der Waals surface area contributed by atoms with Crippen LogP contribution in [-0.2, 0) is 4.74 Å². The quantitative estimate of drug-likeness (QED) is 0.259. The van der Waals surface area contributed by atoms with Crippen molar-refractivity contribution in [2.45, 2.75) is 6.92 Å². The van der Waals surface area contributed by atoms with Gasteiger partial charge in [0.25, 0.3) is 11.4 Å². The molecular weight excluding hydrogens is 420 g/mol. The summed E-state index contributed by atoms with van der Waals surface area (Å²) in [4.78, 5) is 39.5. The summed E-state index contributed by atoms with van der Waals surface area (Å²) in [6.07, 6.45) is 0. The number of thiazole rings is 2. The first-order valence-electron chi connectivity index (χ1n) is 8.08. The Bertz CT molecular complexity index is 1220. The molecule has 0 unspecified atom stereocenters. The van der Waals surface area contributed by atoms with Crippen molar-refractivity contribution < 1.29 is 19.4 Å². The van der Waals surface area contributed by atoms with Gasteiger partial charge in [0, 0.05) is 24.3 Å². The number of carbonyl (C=O) groups is 1. The maximum atomic E-state index is 11.4. The molecule has 0 N–H and O–H groups in total. The van der Waals surface area contributed by atoms with E-state index < -0.39 is 15.8 Å². The molecule has 2 heterocycles. The van der Waals surface area contributed by atoms with E-state index in [2.05, 4.69) is 9.97 Å². The van der Waals surface area contributed by atoms with E-state index in [0.717, 1.165) is 21.6 Å². The van der Waals surface area contributed by atoms with Crippen LogP contribution < -0.4 is 0 Å². The van der Waals surface area contributed by atoms with Gasteiger partial charge in [-0.05, 0) is 19.1 Å². The number of benzene rings is 2. The molecule has 29 heavy (non-hydrogen) atoms. The first-order chi connectivity index (χ1) is 13.9. The van der Waals surface area contributed by atoms with Gasteiger partial charge < -0.3 is 4.74 Å². The summed E-state index contributed by atoms with van der Waals surface area (Å²) in [5.41, 5.74) is 3.14. The molecule has 0 aliphatic rings. The van der Waals surface area contributed by atoms with Gasteiger partial charge in [-0.15, -0.1) is 22.7 Å². The number of nitro groups is 2. The Morgan fingerprint density at radius 2 is 1.66 bits per heavy atom. The highest BCUT2D eigenvalue weighted by Gasteiger charge is 2.15. The van der Waals surface area contributed by atoms with Crippen LogP contribution in [0.5, 0.6) is 0 Å². The molecule has 0 radical (unpaired) electrons. The van der Waals surface area contributed by atoms with E-state index >= 15 is 0 Å². The summed E-state index contributed by atoms with van der Waals surface area (Å²) in [7, 11) is 0. The van der Waals surface area contributed by atoms with Crippen LogP contribution in [0.2, 0.25) is 0 Å². The van der Waals surface area contributed by atoms with E-state index in [1.54, 1.807) is 18.5 Å². The van der Waals surface area contributed by atoms with E-state index in [0.29, 0.717) is 10.2 Å². The summed E-state index contributed by atoms with van der Waals surface area (Å²) in [5.74, 6) is -0.503. The minimum Gasteiger partial charge on any atom is -0.461 e. The van der Waals surface area contributed by atoms with Gasteiger partial charge >= 0.3 is 5.97 Å². The molecule has 0 saturated heterocycles. The smallest absolute Gasteiger partial charge is 0.367 e. The number of hydrogen-bond donors (Lipinski definition) is 0. The van der Waals surface area contributed by atoms with E-state index in [1.165, 1.54) is 41.7 Å². The zero-order chi connectivity index (χ0) is 21.0. The highest BCUT2D eigenvalue weighted by molar-refractivity contribution is 7.20. The maximum absolute atomic E-state index is 11.4. The second-order valence-electron chi connectivity index (χ2n) is 5.41. The van der Waals surface area contributed by atoms with Crippen LogP contribution in [0.4, 0.5) is 11.4 Å². The second-order valence-corrected chi connectivity index (χ2v) is 7.33. The highest BCUT2D eigenvalue weighted by atomic mass is 32.1. The van der Waals surface area contributed by atoms with E-state index in [1.807, 2.05) is 0 Å². The second kappa shape index (κ2) is 8.67. The van der Waals surface area contributed by atoms with Gasteiger partial charge in [0.1, 0.15) is 0 Å². The zero-order valence-electron chi connectivity index (χ0n) is 14.8. The average molecular weight is 432 g/mol. The lowest BCUT2D eigenvalue weighted by Crippen LogP contribution is -2.03. The Hall–Kier alpha value is -3.51. The van der Waals surface area contributed by atoms with Crippen molar-refractivity contribution in [2.75, 3.05) is 6.61 Å². The highest BCUT2D eigenvalue weighted by Crippen LogP contribution is 2.26. The number of ether oxygens (including phenoxy) is 1. The van der Waals surface area contributed by atoms with Crippen molar-refractivity contribution in [3.8, 4) is 0 Å². The lowest BCUT2D eigenvalue weighted by atomic mass is 10.3. The molecule has 10 nitrogen and oxygen atoms in total. The number of nitrogens with zero attached hydrogens (tertiary/aromatic N) is 4.